The number of benzene rings is 1. The molecule has 1 N–H and O–H groups in total. The van der Waals surface area contributed by atoms with Gasteiger partial charge in [0.1, 0.15) is 0 Å². The predicted octanol–water partition coefficient (Wildman–Crippen LogP) is 2.78. The number of hydrogen-bond acceptors (Lipinski definition) is 3. The molecule has 0 saturated carbocycles. The molecule has 1 unspecified atom stereocenters. The molecule has 0 aliphatic heterocycles. The molecule has 1 aromatic rings. The van der Waals surface area contributed by atoms with Gasteiger partial charge in [-0.2, -0.15) is 0 Å². The summed E-state index contributed by atoms with van der Waals surface area (Å²) >= 11 is 0. The molecule has 0 bridgehead atoms. The molecule has 0 spiro atoms. The summed E-state index contributed by atoms with van der Waals surface area (Å²) in [5, 5.41) is 2.91. The standard InChI is InChI=1S/C12H18N2O2P/c1-13-10-6-7-11-14(2)17(15)16-12-8-4-3-5-9-12/h3-6,8-10,13H,7,11H2,1-2H3/q+1/b10-6-. The third kappa shape index (κ3) is 5.48. The van der Waals surface area contributed by atoms with Crippen LogP contribution in [0.2, 0.25) is 0 Å². The third-order valence-electron chi connectivity index (χ3n) is 2.11. The highest BCUT2D eigenvalue weighted by Crippen LogP contribution is 2.29. The largest absolute Gasteiger partial charge is 0.666 e. The van der Waals surface area contributed by atoms with Crippen molar-refractivity contribution in [2.45, 2.75) is 6.42 Å². The normalized spacial score (nSPS) is 11.8. The Morgan fingerprint density at radius 3 is 2.76 bits per heavy atom. The van der Waals surface area contributed by atoms with Crippen LogP contribution in [0.4, 0.5) is 0 Å². The Morgan fingerprint density at radius 2 is 2.12 bits per heavy atom. The van der Waals surface area contributed by atoms with E-state index in [1.54, 1.807) is 23.9 Å². The fourth-order valence-corrected chi connectivity index (χ4v) is 1.91. The van der Waals surface area contributed by atoms with Crippen LogP contribution in [0.3, 0.4) is 0 Å². The summed E-state index contributed by atoms with van der Waals surface area (Å²) in [5.74, 6) is 0.631. The van der Waals surface area contributed by atoms with Crippen LogP contribution in [-0.4, -0.2) is 25.3 Å². The molecule has 17 heavy (non-hydrogen) atoms. The van der Waals surface area contributed by atoms with Gasteiger partial charge in [0.25, 0.3) is 0 Å². The van der Waals surface area contributed by atoms with E-state index in [-0.39, 0.29) is 0 Å². The van der Waals surface area contributed by atoms with E-state index in [4.69, 9.17) is 4.52 Å². The zero-order valence-electron chi connectivity index (χ0n) is 10.2. The first-order valence-electron chi connectivity index (χ1n) is 5.47. The van der Waals surface area contributed by atoms with Crippen molar-refractivity contribution in [1.82, 2.24) is 9.99 Å². The zero-order chi connectivity index (χ0) is 12.5. The number of nitrogens with zero attached hydrogens (tertiary/aromatic N) is 1. The van der Waals surface area contributed by atoms with Gasteiger partial charge < -0.3 is 5.32 Å². The highest BCUT2D eigenvalue weighted by atomic mass is 31.1. The van der Waals surface area contributed by atoms with Crippen LogP contribution in [-0.2, 0) is 4.57 Å². The Morgan fingerprint density at radius 1 is 1.41 bits per heavy atom. The van der Waals surface area contributed by atoms with Crippen LogP contribution < -0.4 is 9.84 Å². The van der Waals surface area contributed by atoms with E-state index in [1.165, 1.54) is 0 Å². The highest BCUT2D eigenvalue weighted by Gasteiger charge is 2.26. The van der Waals surface area contributed by atoms with Gasteiger partial charge in [-0.3, -0.25) is 0 Å². The maximum absolute atomic E-state index is 11.8. The molecule has 1 rings (SSSR count). The molecule has 1 aromatic carbocycles. The van der Waals surface area contributed by atoms with Crippen LogP contribution in [0.15, 0.2) is 42.6 Å². The highest BCUT2D eigenvalue weighted by molar-refractivity contribution is 7.36. The minimum absolute atomic E-state index is 0.631. The van der Waals surface area contributed by atoms with E-state index >= 15 is 0 Å². The molecule has 5 heteroatoms. The first kappa shape index (κ1) is 13.7. The summed E-state index contributed by atoms with van der Waals surface area (Å²) < 4.78 is 18.8. The molecule has 0 heterocycles. The lowest BCUT2D eigenvalue weighted by molar-refractivity contribution is 0.416. The molecule has 0 saturated heterocycles. The van der Waals surface area contributed by atoms with Gasteiger partial charge in [0.05, 0.1) is 6.54 Å². The minimum atomic E-state index is -1.81. The average Bonchev–Trinajstić information content (AvgIpc) is 2.35. The van der Waals surface area contributed by atoms with Crippen LogP contribution in [0.25, 0.3) is 0 Å². The summed E-state index contributed by atoms with van der Waals surface area (Å²) in [6.45, 7) is 0.695. The number of rotatable bonds is 7. The van der Waals surface area contributed by atoms with Crippen LogP contribution >= 0.6 is 8.18 Å². The van der Waals surface area contributed by atoms with Gasteiger partial charge in [-0.1, -0.05) is 28.9 Å². The van der Waals surface area contributed by atoms with Gasteiger partial charge in [0, 0.05) is 18.7 Å². The van der Waals surface area contributed by atoms with Crippen molar-refractivity contribution in [3.05, 3.63) is 42.6 Å². The van der Waals surface area contributed by atoms with Crippen molar-refractivity contribution in [2.24, 2.45) is 0 Å². The van der Waals surface area contributed by atoms with E-state index in [1.807, 2.05) is 37.5 Å². The van der Waals surface area contributed by atoms with E-state index < -0.39 is 8.18 Å². The van der Waals surface area contributed by atoms with Gasteiger partial charge >= 0.3 is 8.18 Å². The van der Waals surface area contributed by atoms with E-state index in [0.717, 1.165) is 6.42 Å². The average molecular weight is 253 g/mol. The fourth-order valence-electron chi connectivity index (χ4n) is 1.19. The van der Waals surface area contributed by atoms with Gasteiger partial charge in [0.15, 0.2) is 5.75 Å². The molecule has 4 nitrogen and oxygen atoms in total. The summed E-state index contributed by atoms with van der Waals surface area (Å²) in [5.41, 5.74) is 0. The molecule has 0 radical (unpaired) electrons. The molecule has 0 aliphatic carbocycles. The second-order valence-electron chi connectivity index (χ2n) is 3.50. The molecule has 0 fully saturated rings. The van der Waals surface area contributed by atoms with Crippen molar-refractivity contribution < 1.29 is 9.09 Å². The lowest BCUT2D eigenvalue weighted by Gasteiger charge is -2.01. The third-order valence-corrected chi connectivity index (χ3v) is 3.23. The maximum atomic E-state index is 11.8. The number of para-hydroxylation sites is 1. The zero-order valence-corrected chi connectivity index (χ0v) is 11.1. The molecular formula is C12H18N2O2P+. The lowest BCUT2D eigenvalue weighted by atomic mass is 10.3. The Hall–Kier alpha value is -1.38. The Labute approximate surface area is 103 Å². The summed E-state index contributed by atoms with van der Waals surface area (Å²) in [6.07, 6.45) is 4.68. The molecule has 0 amide bonds. The molecule has 0 aliphatic rings. The van der Waals surface area contributed by atoms with Crippen LogP contribution in [0.1, 0.15) is 6.42 Å². The Bertz CT molecular complexity index is 368. The lowest BCUT2D eigenvalue weighted by Crippen LogP contribution is -2.12. The molecule has 0 aromatic heterocycles. The summed E-state index contributed by atoms with van der Waals surface area (Å²) in [4.78, 5) is 0. The first-order chi connectivity index (χ1) is 8.24. The Kier molecular flexibility index (Phi) is 6.30. The molecule has 92 valence electrons. The SMILES string of the molecule is CN/C=C\CCN(C)[P+](=O)Oc1ccccc1. The van der Waals surface area contributed by atoms with Crippen LogP contribution in [0, 0.1) is 0 Å². The molecular weight excluding hydrogens is 235 g/mol. The van der Waals surface area contributed by atoms with Gasteiger partial charge in [-0.05, 0) is 24.8 Å². The summed E-state index contributed by atoms with van der Waals surface area (Å²) in [6, 6.07) is 9.19. The van der Waals surface area contributed by atoms with Gasteiger partial charge in [-0.25, -0.2) is 4.52 Å². The fraction of sp³-hybridized carbons (Fsp3) is 0.333. The van der Waals surface area contributed by atoms with Crippen molar-refractivity contribution in [2.75, 3.05) is 20.6 Å². The smallest absolute Gasteiger partial charge is 0.394 e. The van der Waals surface area contributed by atoms with E-state index in [0.29, 0.717) is 12.3 Å². The first-order valence-corrected chi connectivity index (χ1v) is 6.60. The number of hydrogen-bond donors (Lipinski definition) is 1. The van der Waals surface area contributed by atoms with Gasteiger partial charge in [-0.15, -0.1) is 0 Å². The van der Waals surface area contributed by atoms with Crippen molar-refractivity contribution in [3.63, 3.8) is 0 Å². The van der Waals surface area contributed by atoms with Gasteiger partial charge in [0.2, 0.25) is 0 Å². The predicted molar refractivity (Wildman–Crippen MR) is 70.1 cm³/mol. The van der Waals surface area contributed by atoms with Crippen molar-refractivity contribution >= 4 is 8.18 Å². The minimum Gasteiger partial charge on any atom is -0.394 e. The molecule has 1 atom stereocenters. The van der Waals surface area contributed by atoms with Crippen LogP contribution in [0.5, 0.6) is 5.75 Å². The van der Waals surface area contributed by atoms with E-state index in [2.05, 4.69) is 5.32 Å². The summed E-state index contributed by atoms with van der Waals surface area (Å²) in [7, 11) is 1.82. The van der Waals surface area contributed by atoms with E-state index in [9.17, 15) is 4.57 Å². The monoisotopic (exact) mass is 253 g/mol. The maximum Gasteiger partial charge on any atom is 0.666 e. The quantitative estimate of drug-likeness (QED) is 0.759. The second kappa shape index (κ2) is 7.82. The topological polar surface area (TPSA) is 41.6 Å². The van der Waals surface area contributed by atoms with Crippen molar-refractivity contribution in [3.8, 4) is 5.75 Å². The Balaban J connectivity index is 2.34. The number of nitrogens with one attached hydrogen (secondary N) is 1. The second-order valence-corrected chi connectivity index (χ2v) is 4.84. The van der Waals surface area contributed by atoms with Crippen molar-refractivity contribution in [1.29, 1.82) is 0 Å².